The minimum Gasteiger partial charge on any atom is -0.494 e. The maximum Gasteiger partial charge on any atom is 0.314 e. The van der Waals surface area contributed by atoms with Crippen LogP contribution in [0.25, 0.3) is 0 Å². The third kappa shape index (κ3) is 17.0. The summed E-state index contributed by atoms with van der Waals surface area (Å²) in [6.45, 7) is 22.7. The Morgan fingerprint density at radius 1 is 0.892 bits per heavy atom. The van der Waals surface area contributed by atoms with Crippen LogP contribution in [0.15, 0.2) is 36.4 Å². The number of likely N-dealkylation sites (N-methyl/N-ethyl adjacent to an activating group) is 2. The Kier molecular flexibility index (Phi) is 26.2. The van der Waals surface area contributed by atoms with Gasteiger partial charge in [-0.25, -0.2) is 9.86 Å². The molecule has 3 fully saturated rings. The van der Waals surface area contributed by atoms with Crippen molar-refractivity contribution in [2.45, 2.75) is 213 Å². The number of carbonyl (C=O) groups excluding carboxylic acids is 6. The van der Waals surface area contributed by atoms with Crippen LogP contribution in [-0.2, 0) is 50.2 Å². The molecule has 1 aromatic carbocycles. The summed E-state index contributed by atoms with van der Waals surface area (Å²) in [5.41, 5.74) is 0.949. The Labute approximate surface area is 496 Å². The maximum absolute atomic E-state index is 14.8. The van der Waals surface area contributed by atoms with E-state index in [2.05, 4.69) is 48.9 Å². The highest BCUT2D eigenvalue weighted by Crippen LogP contribution is 2.63. The normalized spacial score (nSPS) is 21.4. The Morgan fingerprint density at radius 2 is 1.59 bits per heavy atom. The molecule has 11 unspecified atom stereocenters. The maximum atomic E-state index is 14.8. The van der Waals surface area contributed by atoms with Gasteiger partial charge in [-0.05, 0) is 106 Å². The number of hydrogen-bond donors (Lipinski definition) is 5. The number of Topliss-reactive ketones (excluding diaryl/α,β-unsaturated/α-hetero) is 1. The van der Waals surface area contributed by atoms with Crippen LogP contribution in [-0.4, -0.2) is 174 Å². The van der Waals surface area contributed by atoms with E-state index in [1.807, 2.05) is 83.5 Å². The molecule has 1 aromatic heterocycles. The Balaban J connectivity index is 1.15. The number of nitrogens with one attached hydrogen (secondary N) is 3. The van der Waals surface area contributed by atoms with E-state index in [1.165, 1.54) is 4.57 Å². The Bertz CT molecular complexity index is 2410. The Morgan fingerprint density at radius 3 is 2.19 bits per heavy atom. The minimum atomic E-state index is -0.879. The fourth-order valence-corrected chi connectivity index (χ4v) is 13.4. The van der Waals surface area contributed by atoms with Crippen LogP contribution >= 0.6 is 0 Å². The first-order chi connectivity index (χ1) is 39.5. The highest BCUT2D eigenvalue weighted by Gasteiger charge is 2.61. The van der Waals surface area contributed by atoms with Crippen LogP contribution in [0.2, 0.25) is 0 Å². The van der Waals surface area contributed by atoms with Gasteiger partial charge in [0.2, 0.25) is 17.7 Å². The monoisotopic (exact) mass is 1160 g/mol. The molecular formula is C64H106N8O11. The summed E-state index contributed by atoms with van der Waals surface area (Å²) in [4.78, 5) is 95.9. The number of likely N-dealkylation sites (tertiary alicyclic amines) is 1. The average molecular weight is 1160 g/mol. The van der Waals surface area contributed by atoms with Crippen LogP contribution in [0, 0.1) is 29.1 Å². The minimum absolute atomic E-state index is 0.00515. The first-order valence-electron chi connectivity index (χ1n) is 31.3. The standard InChI is InChI=1S/C64H106N8O11/c1-15-30-63(10,17-3)47-39-52(74)71(59(47)77)37-33-66-62(80)65-32-25-34-68(11)55(43(6)7)58(76)67-54(42(4)5)60(78)69(12)56(44(8)16-2)51(81-13)40-53(75)70-35-24-28-49(70)57(82-14)45(9)50(73)29-23-31-64(61(79)72-36-21-22-38-83-72)41-48(64)46-26-19-18-20-27-46/h18-20,26-27,39,42-45,48-49,51,54-57,74,77H,15-17,21-25,28-38,40-41H2,1-14H3,(H,67,76)(H2,65,66,80). The van der Waals surface area contributed by atoms with Gasteiger partial charge >= 0.3 is 6.03 Å². The molecule has 0 spiro atoms. The summed E-state index contributed by atoms with van der Waals surface area (Å²) in [5, 5.41) is 32.0. The van der Waals surface area contributed by atoms with E-state index < -0.39 is 41.7 Å². The number of aromatic hydroxyl groups is 2. The van der Waals surface area contributed by atoms with Crippen LogP contribution < -0.4 is 16.0 Å². The lowest BCUT2D eigenvalue weighted by molar-refractivity contribution is -0.203. The number of carbonyl (C=O) groups is 6. The van der Waals surface area contributed by atoms with Gasteiger partial charge in [-0.15, -0.1) is 0 Å². The number of urea groups is 1. The predicted molar refractivity (Wildman–Crippen MR) is 322 cm³/mol. The fraction of sp³-hybridized carbons (Fsp3) is 0.750. The molecule has 5 rings (SSSR count). The molecule has 2 saturated heterocycles. The lowest BCUT2D eigenvalue weighted by Crippen LogP contribution is -2.60. The van der Waals surface area contributed by atoms with Gasteiger partial charge in [0.25, 0.3) is 5.91 Å². The third-order valence-electron chi connectivity index (χ3n) is 18.8. The molecule has 1 saturated carbocycles. The number of ketones is 1. The number of hydrogen-bond acceptors (Lipinski definition) is 12. The van der Waals surface area contributed by atoms with Gasteiger partial charge in [0, 0.05) is 84.5 Å². The summed E-state index contributed by atoms with van der Waals surface area (Å²) in [5.74, 6) is -1.63. The van der Waals surface area contributed by atoms with Crippen molar-refractivity contribution in [3.63, 3.8) is 0 Å². The van der Waals surface area contributed by atoms with Crippen molar-refractivity contribution in [2.75, 3.05) is 67.6 Å². The average Bonchev–Trinajstić information content (AvgIpc) is 2.11. The zero-order valence-corrected chi connectivity index (χ0v) is 53.0. The molecular weight excluding hydrogens is 1060 g/mol. The van der Waals surface area contributed by atoms with Crippen LogP contribution in [0.5, 0.6) is 11.8 Å². The number of amides is 6. The van der Waals surface area contributed by atoms with Crippen molar-refractivity contribution >= 4 is 35.4 Å². The highest BCUT2D eigenvalue weighted by atomic mass is 16.7. The number of benzene rings is 1. The van der Waals surface area contributed by atoms with Gasteiger partial charge in [0.15, 0.2) is 11.8 Å². The lowest BCUT2D eigenvalue weighted by atomic mass is 9.77. The van der Waals surface area contributed by atoms with Gasteiger partial charge < -0.3 is 45.4 Å². The van der Waals surface area contributed by atoms with E-state index in [0.29, 0.717) is 70.5 Å². The van der Waals surface area contributed by atoms with Crippen LogP contribution in [0.1, 0.15) is 176 Å². The first-order valence-corrected chi connectivity index (χ1v) is 31.3. The van der Waals surface area contributed by atoms with Crippen molar-refractivity contribution < 1.29 is 53.3 Å². The largest absolute Gasteiger partial charge is 0.494 e. The number of ether oxygens (including phenoxy) is 2. The quantitative estimate of drug-likeness (QED) is 0.0416. The van der Waals surface area contributed by atoms with Gasteiger partial charge in [-0.1, -0.05) is 112 Å². The van der Waals surface area contributed by atoms with Crippen LogP contribution in [0.3, 0.4) is 0 Å². The van der Waals surface area contributed by atoms with Crippen LogP contribution in [0.4, 0.5) is 4.79 Å². The predicted octanol–water partition coefficient (Wildman–Crippen LogP) is 8.54. The lowest BCUT2D eigenvalue weighted by Gasteiger charge is -2.41. The van der Waals surface area contributed by atoms with E-state index in [-0.39, 0.29) is 108 Å². The number of nitrogens with zero attached hydrogens (tertiary/aromatic N) is 5. The van der Waals surface area contributed by atoms with Gasteiger partial charge in [-0.3, -0.25) is 38.3 Å². The number of aromatic nitrogens is 1. The molecule has 83 heavy (non-hydrogen) atoms. The summed E-state index contributed by atoms with van der Waals surface area (Å²) in [6, 6.07) is 9.02. The Hall–Kier alpha value is -5.24. The summed E-state index contributed by atoms with van der Waals surface area (Å²) >= 11 is 0. The molecule has 3 aliphatic rings. The summed E-state index contributed by atoms with van der Waals surface area (Å²) in [7, 11) is 6.75. The topological polar surface area (TPSA) is 225 Å². The molecule has 2 aliphatic heterocycles. The van der Waals surface area contributed by atoms with E-state index in [9.17, 15) is 39.0 Å². The second kappa shape index (κ2) is 31.8. The molecule has 11 atom stereocenters. The van der Waals surface area contributed by atoms with Gasteiger partial charge in [-0.2, -0.15) is 0 Å². The van der Waals surface area contributed by atoms with Crippen molar-refractivity contribution in [2.24, 2.45) is 29.1 Å². The van der Waals surface area contributed by atoms with E-state index in [4.69, 9.17) is 14.3 Å². The SMILES string of the molecule is CCCC(C)(CC)c1cc(O)n(CCNC(=O)NCCCN(C)C(C(=O)NC(C(=O)N(C)C(C(C)CC)C(CC(=O)N2CCCC2C(OC)C(C)C(=O)CCCC2(C(=O)N3CCCCO3)CC2c2ccccc2)OC)C(C)C)C(C)C)c1O. The smallest absolute Gasteiger partial charge is 0.314 e. The van der Waals surface area contributed by atoms with Gasteiger partial charge in [0.1, 0.15) is 11.8 Å². The van der Waals surface area contributed by atoms with E-state index in [0.717, 1.165) is 50.5 Å². The number of hydroxylamine groups is 2. The van der Waals surface area contributed by atoms with Crippen molar-refractivity contribution in [1.29, 1.82) is 0 Å². The second-order valence-electron chi connectivity index (χ2n) is 25.2. The highest BCUT2D eigenvalue weighted by molar-refractivity contribution is 5.90. The third-order valence-corrected chi connectivity index (χ3v) is 18.8. The molecule has 6 amide bonds. The zero-order chi connectivity index (χ0) is 61.3. The first kappa shape index (κ1) is 68.5. The van der Waals surface area contributed by atoms with E-state index >= 15 is 0 Å². The van der Waals surface area contributed by atoms with Crippen molar-refractivity contribution in [1.82, 2.24) is 40.3 Å². The number of methoxy groups -OCH3 is 2. The zero-order valence-electron chi connectivity index (χ0n) is 53.0. The molecule has 2 aromatic rings. The summed E-state index contributed by atoms with van der Waals surface area (Å²) in [6.07, 6.45) is 7.98. The van der Waals surface area contributed by atoms with Crippen molar-refractivity contribution in [3.8, 4) is 11.8 Å². The summed E-state index contributed by atoms with van der Waals surface area (Å²) < 4.78 is 13.7. The molecule has 19 heteroatoms. The molecule has 0 bridgehead atoms. The fourth-order valence-electron chi connectivity index (χ4n) is 13.4. The molecule has 3 heterocycles. The molecule has 5 N–H and O–H groups in total. The molecule has 0 radical (unpaired) electrons. The number of rotatable bonds is 34. The molecule has 1 aliphatic carbocycles. The second-order valence-corrected chi connectivity index (χ2v) is 25.2. The van der Waals surface area contributed by atoms with E-state index in [1.54, 1.807) is 37.3 Å². The van der Waals surface area contributed by atoms with Gasteiger partial charge in [0.05, 0.1) is 48.8 Å². The molecule has 468 valence electrons. The molecule has 19 nitrogen and oxygen atoms in total. The van der Waals surface area contributed by atoms with Crippen molar-refractivity contribution in [3.05, 3.63) is 47.5 Å².